The maximum absolute atomic E-state index is 13.4. The third-order valence-electron chi connectivity index (χ3n) is 6.21. The van der Waals surface area contributed by atoms with E-state index >= 15 is 0 Å². The molecule has 3 aromatic rings. The van der Waals surface area contributed by atoms with Gasteiger partial charge in [-0.05, 0) is 29.8 Å². The van der Waals surface area contributed by atoms with Gasteiger partial charge >= 0.3 is 24.3 Å². The second kappa shape index (κ2) is 15.2. The van der Waals surface area contributed by atoms with E-state index in [1.165, 1.54) is 24.4 Å². The number of alkyl halides is 7. The van der Waals surface area contributed by atoms with Crippen LogP contribution in [0.4, 0.5) is 36.4 Å². The van der Waals surface area contributed by atoms with Crippen LogP contribution in [0.1, 0.15) is 33.9 Å². The first-order chi connectivity index (χ1) is 22.0. The van der Waals surface area contributed by atoms with Crippen molar-refractivity contribution in [1.82, 2.24) is 26.1 Å². The summed E-state index contributed by atoms with van der Waals surface area (Å²) in [4.78, 5) is 50.4. The summed E-state index contributed by atoms with van der Waals surface area (Å²) in [7, 11) is 1.11. The van der Waals surface area contributed by atoms with E-state index in [-0.39, 0.29) is 24.2 Å². The van der Waals surface area contributed by atoms with Crippen molar-refractivity contribution in [1.29, 1.82) is 0 Å². The van der Waals surface area contributed by atoms with Gasteiger partial charge in [0, 0.05) is 10.9 Å². The quantitative estimate of drug-likeness (QED) is 0.154. The number of aliphatic imine (C=N–C) groups is 1. The van der Waals surface area contributed by atoms with E-state index in [0.717, 1.165) is 25.3 Å². The number of rotatable bonds is 8. The zero-order valence-electron chi connectivity index (χ0n) is 24.1. The number of carbonyl (C=O) groups excluding carboxylic acids is 3. The Labute approximate surface area is 259 Å². The highest BCUT2D eigenvalue weighted by molar-refractivity contribution is 6.07. The second-order valence-corrected chi connectivity index (χ2v) is 9.66. The lowest BCUT2D eigenvalue weighted by Gasteiger charge is -2.20. The highest BCUT2D eigenvalue weighted by Gasteiger charge is 2.38. The van der Waals surface area contributed by atoms with Crippen LogP contribution in [0.3, 0.4) is 0 Å². The monoisotopic (exact) mass is 677 g/mol. The zero-order valence-corrected chi connectivity index (χ0v) is 24.1. The molecular formula is C27H26F7N7O6. The minimum Gasteiger partial charge on any atom is -0.475 e. The van der Waals surface area contributed by atoms with Crippen LogP contribution in [0.5, 0.6) is 0 Å². The van der Waals surface area contributed by atoms with Gasteiger partial charge in [0.1, 0.15) is 6.17 Å². The van der Waals surface area contributed by atoms with Crippen LogP contribution in [-0.2, 0) is 25.3 Å². The summed E-state index contributed by atoms with van der Waals surface area (Å²) in [5.74, 6) is -4.58. The van der Waals surface area contributed by atoms with Crippen LogP contribution in [0.25, 0.3) is 10.9 Å². The number of guanidine groups is 1. The predicted octanol–water partition coefficient (Wildman–Crippen LogP) is 3.07. The van der Waals surface area contributed by atoms with Crippen molar-refractivity contribution < 1.29 is 59.8 Å². The first kappa shape index (κ1) is 36.0. The first-order valence-corrected chi connectivity index (χ1v) is 13.3. The Bertz CT molecular complexity index is 1640. The minimum absolute atomic E-state index is 0.0172. The molecule has 4 rings (SSSR count). The number of hydrogen-bond acceptors (Lipinski definition) is 9. The van der Waals surface area contributed by atoms with Crippen LogP contribution >= 0.6 is 0 Å². The molecule has 1 aliphatic rings. The second-order valence-electron chi connectivity index (χ2n) is 9.66. The van der Waals surface area contributed by atoms with Crippen LogP contribution in [0.2, 0.25) is 0 Å². The number of hydrogen-bond donors (Lipinski definition) is 6. The molecule has 1 aliphatic heterocycles. The van der Waals surface area contributed by atoms with Gasteiger partial charge in [-0.3, -0.25) is 19.5 Å². The van der Waals surface area contributed by atoms with E-state index in [1.54, 1.807) is 0 Å². The SMILES string of the molecule is COC(=O)C[C@H](NC(=O)CNC(=O)c1cc(NC2=NCC(F)CN2)c2cn[nH]c2c1)c1cccc(C(F)(F)F)c1.O=C(O)C(F)(F)F. The number of carboxylic acids is 1. The molecule has 0 saturated carbocycles. The van der Waals surface area contributed by atoms with Crippen molar-refractivity contribution in [2.75, 3.05) is 32.1 Å². The van der Waals surface area contributed by atoms with Crippen LogP contribution in [-0.4, -0.2) is 84.1 Å². The first-order valence-electron chi connectivity index (χ1n) is 13.3. The number of methoxy groups -OCH3 is 1. The Morgan fingerprint density at radius 2 is 1.81 bits per heavy atom. The highest BCUT2D eigenvalue weighted by Crippen LogP contribution is 2.31. The normalized spacial score (nSPS) is 15.2. The lowest BCUT2D eigenvalue weighted by molar-refractivity contribution is -0.192. The molecule has 1 aromatic heterocycles. The fraction of sp³-hybridized carbons (Fsp3) is 0.333. The number of carboxylic acid groups (broad SMARTS) is 1. The molecule has 20 heteroatoms. The fourth-order valence-electron chi connectivity index (χ4n) is 3.96. The Morgan fingerprint density at radius 3 is 2.40 bits per heavy atom. The van der Waals surface area contributed by atoms with E-state index in [0.29, 0.717) is 22.5 Å². The number of H-pyrrole nitrogens is 1. The van der Waals surface area contributed by atoms with Crippen molar-refractivity contribution in [2.45, 2.75) is 31.0 Å². The molecule has 254 valence electrons. The summed E-state index contributed by atoms with van der Waals surface area (Å²) in [6.07, 6.45) is -9.71. The smallest absolute Gasteiger partial charge is 0.475 e. The minimum atomic E-state index is -5.08. The third kappa shape index (κ3) is 10.6. The average molecular weight is 678 g/mol. The molecule has 0 fully saturated rings. The van der Waals surface area contributed by atoms with Gasteiger partial charge in [-0.1, -0.05) is 12.1 Å². The number of halogens is 7. The molecular weight excluding hydrogens is 651 g/mol. The van der Waals surface area contributed by atoms with Crippen molar-refractivity contribution in [3.05, 3.63) is 59.3 Å². The average Bonchev–Trinajstić information content (AvgIpc) is 3.49. The third-order valence-corrected chi connectivity index (χ3v) is 6.21. The molecule has 2 atom stereocenters. The summed E-state index contributed by atoms with van der Waals surface area (Å²) in [5.41, 5.74) is 0.198. The number of nitrogens with zero attached hydrogens (tertiary/aromatic N) is 2. The number of benzene rings is 2. The molecule has 2 amide bonds. The Kier molecular flexibility index (Phi) is 11.7. The number of nitrogens with one attached hydrogen (secondary N) is 5. The zero-order chi connectivity index (χ0) is 34.9. The molecule has 2 aromatic carbocycles. The summed E-state index contributed by atoms with van der Waals surface area (Å²) >= 11 is 0. The van der Waals surface area contributed by atoms with Crippen LogP contribution in [0, 0.1) is 0 Å². The lowest BCUT2D eigenvalue weighted by Crippen LogP contribution is -2.41. The van der Waals surface area contributed by atoms with Gasteiger partial charge in [-0.15, -0.1) is 0 Å². The number of ether oxygens (including phenoxy) is 1. The van der Waals surface area contributed by atoms with E-state index < -0.39 is 66.8 Å². The van der Waals surface area contributed by atoms with Crippen molar-refractivity contribution in [3.63, 3.8) is 0 Å². The summed E-state index contributed by atoms with van der Waals surface area (Å²) in [6, 6.07) is 6.09. The van der Waals surface area contributed by atoms with E-state index in [4.69, 9.17) is 9.90 Å². The molecule has 47 heavy (non-hydrogen) atoms. The molecule has 0 spiro atoms. The summed E-state index contributed by atoms with van der Waals surface area (Å²) < 4.78 is 89.3. The maximum Gasteiger partial charge on any atom is 0.490 e. The molecule has 0 radical (unpaired) electrons. The fourth-order valence-corrected chi connectivity index (χ4v) is 3.96. The molecule has 1 unspecified atom stereocenters. The summed E-state index contributed by atoms with van der Waals surface area (Å²) in [6.45, 7) is -0.477. The van der Waals surface area contributed by atoms with Crippen LogP contribution in [0.15, 0.2) is 47.6 Å². The number of aromatic amines is 1. The molecule has 2 heterocycles. The van der Waals surface area contributed by atoms with Gasteiger partial charge in [0.25, 0.3) is 5.91 Å². The van der Waals surface area contributed by atoms with Crippen molar-refractivity contribution >= 4 is 46.3 Å². The predicted molar refractivity (Wildman–Crippen MR) is 150 cm³/mol. The van der Waals surface area contributed by atoms with Crippen molar-refractivity contribution in [3.8, 4) is 0 Å². The number of amides is 2. The van der Waals surface area contributed by atoms with Crippen molar-refractivity contribution in [2.24, 2.45) is 4.99 Å². The standard InChI is InChI=1S/C25H25F4N7O4.C2HF3O2/c1-40-22(38)8-18(13-3-2-4-15(5-13)25(27,28)29)34-21(37)12-30-23(39)14-6-19(17-11-33-36-20(17)7-14)35-24-31-9-16(26)10-32-24;3-2(4,5)1(6)7/h2-7,11,16,18H,8-10,12H2,1H3,(H,30,39)(H,33,36)(H,34,37)(H2,31,32,35);(H,6,7)/t18-;/m0./s1. The van der Waals surface area contributed by atoms with Gasteiger partial charge < -0.3 is 31.1 Å². The van der Waals surface area contributed by atoms with E-state index in [1.807, 2.05) is 0 Å². The van der Waals surface area contributed by atoms with Crippen LogP contribution < -0.4 is 21.3 Å². The highest BCUT2D eigenvalue weighted by atomic mass is 19.4. The number of esters is 1. The molecule has 0 aliphatic carbocycles. The Hall–Kier alpha value is -5.43. The van der Waals surface area contributed by atoms with Gasteiger partial charge in [0.15, 0.2) is 5.96 Å². The van der Waals surface area contributed by atoms with E-state index in [9.17, 15) is 45.1 Å². The van der Waals surface area contributed by atoms with Gasteiger partial charge in [-0.2, -0.15) is 31.4 Å². The number of carbonyl (C=O) groups is 4. The number of fused-ring (bicyclic) bond motifs is 1. The number of aliphatic carboxylic acids is 1. The van der Waals surface area contributed by atoms with Gasteiger partial charge in [0.2, 0.25) is 5.91 Å². The Morgan fingerprint density at radius 1 is 1.11 bits per heavy atom. The molecule has 0 bridgehead atoms. The molecule has 13 nitrogen and oxygen atoms in total. The Balaban J connectivity index is 0.000000771. The van der Waals surface area contributed by atoms with Gasteiger partial charge in [-0.25, -0.2) is 14.2 Å². The topological polar surface area (TPSA) is 187 Å². The maximum atomic E-state index is 13.4. The summed E-state index contributed by atoms with van der Waals surface area (Å²) in [5, 5.41) is 25.2. The molecule has 0 saturated heterocycles. The number of aromatic nitrogens is 2. The largest absolute Gasteiger partial charge is 0.490 e. The molecule has 6 N–H and O–H groups in total. The number of anilines is 1. The lowest BCUT2D eigenvalue weighted by atomic mass is 10.0. The van der Waals surface area contributed by atoms with Gasteiger partial charge in [0.05, 0.1) is 62.2 Å². The van der Waals surface area contributed by atoms with E-state index in [2.05, 4.69) is 41.2 Å².